The number of carbonyl (C=O) groups is 1. The molecule has 0 spiro atoms. The summed E-state index contributed by atoms with van der Waals surface area (Å²) in [5, 5.41) is 4.08. The summed E-state index contributed by atoms with van der Waals surface area (Å²) in [4.78, 5) is 14.4. The fraction of sp³-hybridized carbons (Fsp3) is 0.167. The molecule has 2 heterocycles. The first-order valence-electron chi connectivity index (χ1n) is 5.53. The molecule has 1 aliphatic rings. The van der Waals surface area contributed by atoms with Crippen molar-refractivity contribution in [1.29, 1.82) is 0 Å². The quantitative estimate of drug-likeness (QED) is 0.720. The Balaban J connectivity index is 2.17. The predicted octanol–water partition coefficient (Wildman–Crippen LogP) is 2.45. The number of hydrogen-bond donors (Lipinski definition) is 0. The van der Waals surface area contributed by atoms with Gasteiger partial charge in [0.1, 0.15) is 11.4 Å². The molecule has 1 aromatic heterocycles. The Morgan fingerprint density at radius 3 is 3.11 bits per heavy atom. The fourth-order valence-electron chi connectivity index (χ4n) is 1.99. The molecule has 0 saturated carbocycles. The number of nitrogens with zero attached hydrogens (tertiary/aromatic N) is 2. The maximum atomic E-state index is 12.0. The van der Waals surface area contributed by atoms with Gasteiger partial charge in [0.15, 0.2) is 5.69 Å². The molecule has 0 saturated heterocycles. The molecule has 1 aromatic carbocycles. The molecule has 5 nitrogen and oxygen atoms in total. The van der Waals surface area contributed by atoms with Gasteiger partial charge in [0.2, 0.25) is 0 Å². The van der Waals surface area contributed by atoms with Crippen LogP contribution in [0.2, 0.25) is 0 Å². The molecular formula is C12H8FIN2O3. The molecule has 0 unspecified atom stereocenters. The Kier molecular flexibility index (Phi) is 3.13. The van der Waals surface area contributed by atoms with E-state index in [1.807, 2.05) is 18.2 Å². The van der Waals surface area contributed by atoms with Crippen molar-refractivity contribution >= 4 is 28.6 Å². The predicted molar refractivity (Wildman–Crippen MR) is 72.0 cm³/mol. The average Bonchev–Trinajstić information content (AvgIpc) is 2.76. The van der Waals surface area contributed by atoms with Crippen LogP contribution in [-0.4, -0.2) is 22.4 Å². The van der Waals surface area contributed by atoms with Crippen molar-refractivity contribution in [3.63, 3.8) is 0 Å². The van der Waals surface area contributed by atoms with Crippen molar-refractivity contribution in [2.45, 2.75) is 6.42 Å². The average molecular weight is 374 g/mol. The maximum absolute atomic E-state index is 12.0. The number of rotatable bonds is 1. The SMILES string of the molecule is O=C(OF)c1cc2n(n1)-c1cc(I)ccc1OCC2. The van der Waals surface area contributed by atoms with Crippen LogP contribution in [0.5, 0.6) is 5.75 Å². The van der Waals surface area contributed by atoms with Crippen LogP contribution in [0.15, 0.2) is 24.3 Å². The van der Waals surface area contributed by atoms with E-state index in [0.29, 0.717) is 18.8 Å². The van der Waals surface area contributed by atoms with Gasteiger partial charge in [-0.1, -0.05) is 0 Å². The summed E-state index contributed by atoms with van der Waals surface area (Å²) in [5.74, 6) is -0.406. The van der Waals surface area contributed by atoms with Gasteiger partial charge < -0.3 is 4.74 Å². The highest BCUT2D eigenvalue weighted by Gasteiger charge is 2.21. The van der Waals surface area contributed by atoms with E-state index in [1.54, 1.807) is 4.68 Å². The van der Waals surface area contributed by atoms with Crippen LogP contribution in [0.4, 0.5) is 4.53 Å². The van der Waals surface area contributed by atoms with E-state index >= 15 is 0 Å². The van der Waals surface area contributed by atoms with E-state index in [1.165, 1.54) is 6.07 Å². The zero-order valence-electron chi connectivity index (χ0n) is 9.60. The highest BCUT2D eigenvalue weighted by Crippen LogP contribution is 2.29. The molecule has 19 heavy (non-hydrogen) atoms. The second-order valence-electron chi connectivity index (χ2n) is 4.01. The lowest BCUT2D eigenvalue weighted by atomic mass is 10.2. The summed E-state index contributed by atoms with van der Waals surface area (Å²) < 4.78 is 20.2. The molecule has 0 fully saturated rings. The first kappa shape index (κ1) is 12.4. The number of benzene rings is 1. The van der Waals surface area contributed by atoms with Gasteiger partial charge in [0.25, 0.3) is 0 Å². The third kappa shape index (κ3) is 2.18. The van der Waals surface area contributed by atoms with Crippen LogP contribution in [-0.2, 0) is 11.4 Å². The zero-order valence-corrected chi connectivity index (χ0v) is 11.8. The minimum absolute atomic E-state index is 0.0517. The van der Waals surface area contributed by atoms with E-state index in [2.05, 4.69) is 32.6 Å². The lowest BCUT2D eigenvalue weighted by molar-refractivity contribution is -0.0793. The number of hydrogen-bond acceptors (Lipinski definition) is 4. The zero-order chi connectivity index (χ0) is 13.4. The van der Waals surface area contributed by atoms with Crippen LogP contribution in [0.25, 0.3) is 5.69 Å². The minimum Gasteiger partial charge on any atom is -0.491 e. The van der Waals surface area contributed by atoms with Gasteiger partial charge >= 0.3 is 5.97 Å². The van der Waals surface area contributed by atoms with E-state index in [-0.39, 0.29) is 5.69 Å². The molecule has 1 aliphatic heterocycles. The number of carbonyl (C=O) groups excluding carboxylic acids is 1. The van der Waals surface area contributed by atoms with Gasteiger partial charge in [0, 0.05) is 20.2 Å². The van der Waals surface area contributed by atoms with Gasteiger partial charge in [-0.25, -0.2) is 14.4 Å². The Bertz CT molecular complexity index is 656. The van der Waals surface area contributed by atoms with E-state index < -0.39 is 5.97 Å². The third-order valence-electron chi connectivity index (χ3n) is 2.83. The molecule has 0 radical (unpaired) electrons. The van der Waals surface area contributed by atoms with E-state index in [9.17, 15) is 9.32 Å². The first-order chi connectivity index (χ1) is 9.19. The Morgan fingerprint density at radius 2 is 2.32 bits per heavy atom. The lowest BCUT2D eigenvalue weighted by Crippen LogP contribution is -2.04. The molecule has 0 bridgehead atoms. The lowest BCUT2D eigenvalue weighted by Gasteiger charge is -2.08. The second kappa shape index (κ2) is 4.80. The van der Waals surface area contributed by atoms with Gasteiger partial charge in [-0.2, -0.15) is 5.10 Å². The normalized spacial score (nSPS) is 12.9. The standard InChI is InChI=1S/C12H8FIN2O3/c13-19-12(17)9-6-8-3-4-18-11-2-1-7(14)5-10(11)16(8)15-9/h1-2,5-6H,3-4H2. The highest BCUT2D eigenvalue weighted by molar-refractivity contribution is 14.1. The summed E-state index contributed by atoms with van der Waals surface area (Å²) in [6.45, 7) is 0.476. The van der Waals surface area contributed by atoms with Gasteiger partial charge in [0.05, 0.1) is 6.61 Å². The third-order valence-corrected chi connectivity index (χ3v) is 3.50. The number of halogens is 2. The van der Waals surface area contributed by atoms with Crippen molar-refractivity contribution in [2.75, 3.05) is 6.61 Å². The monoisotopic (exact) mass is 374 g/mol. The Labute approximate surface area is 121 Å². The molecule has 0 N–H and O–H groups in total. The molecule has 0 atom stereocenters. The van der Waals surface area contributed by atoms with Crippen molar-refractivity contribution in [3.8, 4) is 11.4 Å². The number of aromatic nitrogens is 2. The molecule has 3 rings (SSSR count). The Hall–Kier alpha value is -1.64. The number of ether oxygens (including phenoxy) is 1. The topological polar surface area (TPSA) is 53.4 Å². The number of fused-ring (bicyclic) bond motifs is 3. The maximum Gasteiger partial charge on any atom is 0.399 e. The van der Waals surface area contributed by atoms with Crippen LogP contribution < -0.4 is 4.74 Å². The van der Waals surface area contributed by atoms with Crippen molar-refractivity contribution in [2.24, 2.45) is 0 Å². The summed E-state index contributed by atoms with van der Waals surface area (Å²) >= 11 is 2.18. The first-order valence-corrected chi connectivity index (χ1v) is 6.61. The summed E-state index contributed by atoms with van der Waals surface area (Å²) in [6.07, 6.45) is 0.581. The molecule has 2 aromatic rings. The molecule has 7 heteroatoms. The second-order valence-corrected chi connectivity index (χ2v) is 5.25. The molecule has 0 aliphatic carbocycles. The van der Waals surface area contributed by atoms with Crippen LogP contribution in [0.3, 0.4) is 0 Å². The van der Waals surface area contributed by atoms with Gasteiger partial charge in [-0.3, -0.25) is 0 Å². The minimum atomic E-state index is -1.09. The van der Waals surface area contributed by atoms with E-state index in [0.717, 1.165) is 15.0 Å². The van der Waals surface area contributed by atoms with Crippen molar-refractivity contribution in [3.05, 3.63) is 39.2 Å². The largest absolute Gasteiger partial charge is 0.491 e. The highest BCUT2D eigenvalue weighted by atomic mass is 127. The summed E-state index contributed by atoms with van der Waals surface area (Å²) in [6, 6.07) is 7.17. The summed E-state index contributed by atoms with van der Waals surface area (Å²) in [5.41, 5.74) is 1.46. The van der Waals surface area contributed by atoms with E-state index in [4.69, 9.17) is 4.74 Å². The Morgan fingerprint density at radius 1 is 1.47 bits per heavy atom. The smallest absolute Gasteiger partial charge is 0.399 e. The summed E-state index contributed by atoms with van der Waals surface area (Å²) in [7, 11) is 0. The van der Waals surface area contributed by atoms with Crippen LogP contribution in [0.1, 0.15) is 16.2 Å². The molecular weight excluding hydrogens is 366 g/mol. The van der Waals surface area contributed by atoms with Crippen molar-refractivity contribution < 1.29 is 19.0 Å². The van der Waals surface area contributed by atoms with Crippen molar-refractivity contribution in [1.82, 2.24) is 9.78 Å². The van der Waals surface area contributed by atoms with Gasteiger partial charge in [-0.05, 0) is 46.9 Å². The van der Waals surface area contributed by atoms with Crippen LogP contribution in [0, 0.1) is 3.57 Å². The molecule has 0 amide bonds. The fourth-order valence-corrected chi connectivity index (χ4v) is 2.46. The van der Waals surface area contributed by atoms with Gasteiger partial charge in [-0.15, -0.1) is 0 Å². The van der Waals surface area contributed by atoms with Crippen LogP contribution >= 0.6 is 22.6 Å². The molecule has 98 valence electrons.